The molecule has 0 spiro atoms. The van der Waals surface area contributed by atoms with Crippen LogP contribution in [0, 0.1) is 6.92 Å². The van der Waals surface area contributed by atoms with Crippen LogP contribution in [0.2, 0.25) is 0 Å². The van der Waals surface area contributed by atoms with Gasteiger partial charge >= 0.3 is 6.03 Å². The maximum absolute atomic E-state index is 11.9. The average Bonchev–Trinajstić information content (AvgIpc) is 2.58. The molecule has 4 heteroatoms. The van der Waals surface area contributed by atoms with Crippen molar-refractivity contribution < 1.29 is 4.79 Å². The summed E-state index contributed by atoms with van der Waals surface area (Å²) in [5.74, 6) is 0. The highest BCUT2D eigenvalue weighted by Gasteiger charge is 2.32. The van der Waals surface area contributed by atoms with Gasteiger partial charge in [0.2, 0.25) is 0 Å². The first kappa shape index (κ1) is 12.9. The summed E-state index contributed by atoms with van der Waals surface area (Å²) in [6, 6.07) is 8.28. The second-order valence-electron chi connectivity index (χ2n) is 5.79. The molecule has 1 aromatic rings. The molecule has 1 unspecified atom stereocenters. The van der Waals surface area contributed by atoms with Crippen LogP contribution in [0.25, 0.3) is 0 Å². The van der Waals surface area contributed by atoms with Crippen molar-refractivity contribution in [2.45, 2.75) is 32.4 Å². The topological polar surface area (TPSA) is 58.4 Å². The van der Waals surface area contributed by atoms with Gasteiger partial charge in [0.15, 0.2) is 0 Å². The van der Waals surface area contributed by atoms with Crippen molar-refractivity contribution in [2.24, 2.45) is 5.73 Å². The highest BCUT2D eigenvalue weighted by Crippen LogP contribution is 2.22. The van der Waals surface area contributed by atoms with Crippen LogP contribution in [0.3, 0.4) is 0 Å². The number of hydrogen-bond donors (Lipinski definition) is 2. The van der Waals surface area contributed by atoms with Crippen LogP contribution in [0.5, 0.6) is 0 Å². The zero-order valence-electron chi connectivity index (χ0n) is 11.2. The second-order valence-corrected chi connectivity index (χ2v) is 5.79. The van der Waals surface area contributed by atoms with Crippen molar-refractivity contribution in [3.8, 4) is 0 Å². The van der Waals surface area contributed by atoms with E-state index >= 15 is 0 Å². The molecule has 3 N–H and O–H groups in total. The van der Waals surface area contributed by atoms with Crippen LogP contribution in [0.1, 0.15) is 31.0 Å². The van der Waals surface area contributed by atoms with Gasteiger partial charge in [0.1, 0.15) is 0 Å². The molecule has 1 aliphatic heterocycles. The Morgan fingerprint density at radius 3 is 2.83 bits per heavy atom. The summed E-state index contributed by atoms with van der Waals surface area (Å²) in [5, 5.41) is 3.00. The van der Waals surface area contributed by atoms with Crippen molar-refractivity contribution in [1.82, 2.24) is 10.2 Å². The van der Waals surface area contributed by atoms with Crippen LogP contribution < -0.4 is 11.1 Å². The number of nitrogens with one attached hydrogen (secondary N) is 1. The van der Waals surface area contributed by atoms with Gasteiger partial charge in [0, 0.05) is 18.6 Å². The molecule has 0 aromatic heterocycles. The van der Waals surface area contributed by atoms with Gasteiger partial charge in [-0.25, -0.2) is 4.79 Å². The van der Waals surface area contributed by atoms with E-state index in [0.717, 1.165) is 5.56 Å². The molecule has 1 fully saturated rings. The molecule has 2 amide bonds. The van der Waals surface area contributed by atoms with Gasteiger partial charge in [-0.3, -0.25) is 0 Å². The predicted octanol–water partition coefficient (Wildman–Crippen LogP) is 1.80. The van der Waals surface area contributed by atoms with Crippen molar-refractivity contribution in [3.63, 3.8) is 0 Å². The summed E-state index contributed by atoms with van der Waals surface area (Å²) in [6.45, 7) is 7.17. The lowest BCUT2D eigenvalue weighted by atomic mass is 10.0. The SMILES string of the molecule is Cc1cccc(C2CN(CC(C)(C)N)C(=O)N2)c1. The van der Waals surface area contributed by atoms with E-state index in [1.807, 2.05) is 19.9 Å². The minimum Gasteiger partial charge on any atom is -0.329 e. The lowest BCUT2D eigenvalue weighted by Gasteiger charge is -2.25. The van der Waals surface area contributed by atoms with E-state index in [1.165, 1.54) is 5.56 Å². The van der Waals surface area contributed by atoms with Crippen LogP contribution in [0.15, 0.2) is 24.3 Å². The Labute approximate surface area is 108 Å². The minimum atomic E-state index is -0.362. The first-order valence-corrected chi connectivity index (χ1v) is 6.26. The summed E-state index contributed by atoms with van der Waals surface area (Å²) in [6.07, 6.45) is 0. The molecule has 1 heterocycles. The standard InChI is InChI=1S/C14H21N3O/c1-10-5-4-6-11(7-10)12-8-17(13(18)16-12)9-14(2,3)15/h4-7,12H,8-9,15H2,1-3H3,(H,16,18). The van der Waals surface area contributed by atoms with Crippen LogP contribution in [-0.2, 0) is 0 Å². The third-order valence-electron chi connectivity index (χ3n) is 3.03. The molecule has 4 nitrogen and oxygen atoms in total. The highest BCUT2D eigenvalue weighted by molar-refractivity contribution is 5.77. The first-order valence-electron chi connectivity index (χ1n) is 6.26. The van der Waals surface area contributed by atoms with Gasteiger partial charge in [-0.1, -0.05) is 29.8 Å². The fourth-order valence-corrected chi connectivity index (χ4v) is 2.29. The van der Waals surface area contributed by atoms with Gasteiger partial charge in [-0.2, -0.15) is 0 Å². The maximum atomic E-state index is 11.9. The highest BCUT2D eigenvalue weighted by atomic mass is 16.2. The number of aryl methyl sites for hydroxylation is 1. The third kappa shape index (κ3) is 3.01. The Morgan fingerprint density at radius 2 is 2.22 bits per heavy atom. The van der Waals surface area contributed by atoms with Crippen LogP contribution >= 0.6 is 0 Å². The summed E-state index contributed by atoms with van der Waals surface area (Å²) in [5.41, 5.74) is 7.96. The predicted molar refractivity (Wildman–Crippen MR) is 72.3 cm³/mol. The normalized spacial score (nSPS) is 20.1. The summed E-state index contributed by atoms with van der Waals surface area (Å²) >= 11 is 0. The van der Waals surface area contributed by atoms with Crippen molar-refractivity contribution >= 4 is 6.03 Å². The second kappa shape index (κ2) is 4.61. The number of nitrogens with zero attached hydrogens (tertiary/aromatic N) is 1. The molecule has 2 rings (SSSR count). The van der Waals surface area contributed by atoms with E-state index in [0.29, 0.717) is 13.1 Å². The first-order chi connectivity index (χ1) is 8.35. The average molecular weight is 247 g/mol. The Kier molecular flexibility index (Phi) is 3.30. The lowest BCUT2D eigenvalue weighted by Crippen LogP contribution is -2.46. The van der Waals surface area contributed by atoms with E-state index in [4.69, 9.17) is 5.73 Å². The van der Waals surface area contributed by atoms with Crippen molar-refractivity contribution in [3.05, 3.63) is 35.4 Å². The molecular formula is C14H21N3O. The van der Waals surface area contributed by atoms with Gasteiger partial charge in [0.25, 0.3) is 0 Å². The monoisotopic (exact) mass is 247 g/mol. The number of urea groups is 1. The molecular weight excluding hydrogens is 226 g/mol. The van der Waals surface area contributed by atoms with Crippen LogP contribution in [0.4, 0.5) is 4.79 Å². The van der Waals surface area contributed by atoms with E-state index in [1.54, 1.807) is 4.90 Å². The zero-order chi connectivity index (χ0) is 13.3. The maximum Gasteiger partial charge on any atom is 0.318 e. The van der Waals surface area contributed by atoms with Gasteiger partial charge < -0.3 is 16.0 Å². The van der Waals surface area contributed by atoms with Gasteiger partial charge in [0.05, 0.1) is 6.04 Å². The van der Waals surface area contributed by atoms with Crippen LogP contribution in [-0.4, -0.2) is 29.6 Å². The minimum absolute atomic E-state index is 0.0277. The number of nitrogens with two attached hydrogens (primary N) is 1. The van der Waals surface area contributed by atoms with Crippen molar-refractivity contribution in [2.75, 3.05) is 13.1 Å². The zero-order valence-corrected chi connectivity index (χ0v) is 11.2. The molecule has 0 radical (unpaired) electrons. The fraction of sp³-hybridized carbons (Fsp3) is 0.500. The Bertz CT molecular complexity index is 451. The molecule has 98 valence electrons. The summed E-state index contributed by atoms with van der Waals surface area (Å²) < 4.78 is 0. The molecule has 1 aliphatic rings. The number of rotatable bonds is 3. The number of carbonyl (C=O) groups is 1. The molecule has 0 bridgehead atoms. The molecule has 1 aromatic carbocycles. The van der Waals surface area contributed by atoms with Gasteiger partial charge in [-0.15, -0.1) is 0 Å². The molecule has 0 aliphatic carbocycles. The smallest absolute Gasteiger partial charge is 0.318 e. The quantitative estimate of drug-likeness (QED) is 0.855. The third-order valence-corrected chi connectivity index (χ3v) is 3.03. The molecule has 0 saturated carbocycles. The molecule has 1 atom stereocenters. The van der Waals surface area contributed by atoms with E-state index in [9.17, 15) is 4.79 Å². The number of carbonyl (C=O) groups excluding carboxylic acids is 1. The number of hydrogen-bond acceptors (Lipinski definition) is 2. The fourth-order valence-electron chi connectivity index (χ4n) is 2.29. The number of benzene rings is 1. The lowest BCUT2D eigenvalue weighted by molar-refractivity contribution is 0.207. The Morgan fingerprint density at radius 1 is 1.50 bits per heavy atom. The Balaban J connectivity index is 2.09. The van der Waals surface area contributed by atoms with Gasteiger partial charge in [-0.05, 0) is 26.3 Å². The van der Waals surface area contributed by atoms with E-state index in [2.05, 4.69) is 30.4 Å². The van der Waals surface area contributed by atoms with Crippen molar-refractivity contribution in [1.29, 1.82) is 0 Å². The molecule has 1 saturated heterocycles. The summed E-state index contributed by atoms with van der Waals surface area (Å²) in [4.78, 5) is 13.7. The molecule has 18 heavy (non-hydrogen) atoms. The summed E-state index contributed by atoms with van der Waals surface area (Å²) in [7, 11) is 0. The van der Waals surface area contributed by atoms with E-state index < -0.39 is 0 Å². The Hall–Kier alpha value is -1.55. The largest absolute Gasteiger partial charge is 0.329 e. The van der Waals surface area contributed by atoms with E-state index in [-0.39, 0.29) is 17.6 Å². The number of amides is 2.